The molecule has 1 aliphatic rings. The summed E-state index contributed by atoms with van der Waals surface area (Å²) in [6, 6.07) is 2.79. The molecule has 8 heteroatoms. The molecule has 1 aromatic rings. The van der Waals surface area contributed by atoms with Crippen LogP contribution in [-0.4, -0.2) is 25.3 Å². The highest BCUT2D eigenvalue weighted by molar-refractivity contribution is 7.89. The van der Waals surface area contributed by atoms with Crippen molar-refractivity contribution in [1.29, 1.82) is 0 Å². The van der Waals surface area contributed by atoms with Crippen molar-refractivity contribution in [2.75, 3.05) is 6.61 Å². The van der Waals surface area contributed by atoms with E-state index in [2.05, 4.69) is 0 Å². The molecule has 1 saturated carbocycles. The van der Waals surface area contributed by atoms with Gasteiger partial charge in [0.2, 0.25) is 10.0 Å². The number of carbonyl (C=O) groups is 1. The van der Waals surface area contributed by atoms with Gasteiger partial charge in [0, 0.05) is 5.92 Å². The first-order chi connectivity index (χ1) is 9.52. The number of hydrogen-bond donors (Lipinski definition) is 1. The molecule has 1 unspecified atom stereocenters. The van der Waals surface area contributed by atoms with Gasteiger partial charge in [-0.25, -0.2) is 18.4 Å². The van der Waals surface area contributed by atoms with Crippen LogP contribution < -0.4 is 5.14 Å². The lowest BCUT2D eigenvalue weighted by molar-refractivity contribution is 0.0485. The molecule has 21 heavy (non-hydrogen) atoms. The van der Waals surface area contributed by atoms with E-state index in [0.717, 1.165) is 0 Å². The Morgan fingerprint density at radius 1 is 1.43 bits per heavy atom. The number of aryl methyl sites for hydroxylation is 1. The van der Waals surface area contributed by atoms with Crippen molar-refractivity contribution in [3.05, 3.63) is 28.8 Å². The number of primary sulfonamides is 1. The highest BCUT2D eigenvalue weighted by Crippen LogP contribution is 2.53. The maximum atomic E-state index is 12.0. The summed E-state index contributed by atoms with van der Waals surface area (Å²) in [6.45, 7) is 3.43. The summed E-state index contributed by atoms with van der Waals surface area (Å²) in [4.78, 5) is 11.9. The zero-order valence-electron chi connectivity index (χ0n) is 11.5. The van der Waals surface area contributed by atoms with Crippen molar-refractivity contribution in [1.82, 2.24) is 0 Å². The molecule has 0 amide bonds. The summed E-state index contributed by atoms with van der Waals surface area (Å²) in [7, 11) is -3.90. The number of benzene rings is 1. The predicted octanol–water partition coefficient (Wildman–Crippen LogP) is 2.30. The van der Waals surface area contributed by atoms with E-state index in [-0.39, 0.29) is 23.0 Å². The molecule has 1 fully saturated rings. The van der Waals surface area contributed by atoms with Gasteiger partial charge < -0.3 is 4.74 Å². The first kappa shape index (κ1) is 16.5. The summed E-state index contributed by atoms with van der Waals surface area (Å²) in [5.41, 5.74) is 1.29. The molecule has 1 atom stereocenters. The molecule has 0 bridgehead atoms. The SMILES string of the molecule is Cc1cc(C(=O)OCC2CC2(Cl)Cl)cc(S(N)(=O)=O)c1C. The molecule has 5 nitrogen and oxygen atoms in total. The van der Waals surface area contributed by atoms with Crippen LogP contribution in [0.4, 0.5) is 0 Å². The van der Waals surface area contributed by atoms with E-state index in [0.29, 0.717) is 17.5 Å². The molecule has 1 aliphatic carbocycles. The second kappa shape index (κ2) is 5.43. The Bertz CT molecular complexity index is 700. The van der Waals surface area contributed by atoms with E-state index in [9.17, 15) is 13.2 Å². The van der Waals surface area contributed by atoms with Crippen molar-refractivity contribution in [3.8, 4) is 0 Å². The monoisotopic (exact) mass is 351 g/mol. The van der Waals surface area contributed by atoms with Gasteiger partial charge in [-0.3, -0.25) is 0 Å². The van der Waals surface area contributed by atoms with Crippen LogP contribution in [0.5, 0.6) is 0 Å². The number of nitrogens with two attached hydrogens (primary N) is 1. The van der Waals surface area contributed by atoms with Crippen molar-refractivity contribution >= 4 is 39.2 Å². The van der Waals surface area contributed by atoms with Crippen LogP contribution in [0.25, 0.3) is 0 Å². The Kier molecular flexibility index (Phi) is 4.28. The van der Waals surface area contributed by atoms with Gasteiger partial charge in [0.25, 0.3) is 0 Å². The summed E-state index contributed by atoms with van der Waals surface area (Å²) < 4.78 is 27.3. The lowest BCUT2D eigenvalue weighted by Crippen LogP contribution is -2.16. The van der Waals surface area contributed by atoms with Gasteiger partial charge in [-0.1, -0.05) is 0 Å². The lowest BCUT2D eigenvalue weighted by atomic mass is 10.1. The fraction of sp³-hybridized carbons (Fsp3) is 0.462. The van der Waals surface area contributed by atoms with E-state index in [1.165, 1.54) is 6.07 Å². The van der Waals surface area contributed by atoms with E-state index in [4.69, 9.17) is 33.1 Å². The van der Waals surface area contributed by atoms with Crippen LogP contribution in [0.1, 0.15) is 27.9 Å². The first-order valence-electron chi connectivity index (χ1n) is 6.21. The third kappa shape index (κ3) is 3.69. The maximum Gasteiger partial charge on any atom is 0.338 e. The Morgan fingerprint density at radius 3 is 2.48 bits per heavy atom. The van der Waals surface area contributed by atoms with Crippen LogP contribution >= 0.6 is 23.2 Å². The molecule has 116 valence electrons. The Balaban J connectivity index is 2.20. The number of ether oxygens (including phenoxy) is 1. The molecule has 0 heterocycles. The van der Waals surface area contributed by atoms with Crippen LogP contribution in [0.15, 0.2) is 17.0 Å². The molecule has 0 spiro atoms. The third-order valence-corrected chi connectivity index (χ3v) is 5.50. The van der Waals surface area contributed by atoms with Crippen LogP contribution in [0.2, 0.25) is 0 Å². The van der Waals surface area contributed by atoms with E-state index >= 15 is 0 Å². The summed E-state index contributed by atoms with van der Waals surface area (Å²) in [6.07, 6.45) is 0.568. The molecule has 1 aromatic carbocycles. The number of alkyl halides is 2. The molecule has 2 rings (SSSR count). The minimum Gasteiger partial charge on any atom is -0.462 e. The summed E-state index contributed by atoms with van der Waals surface area (Å²) >= 11 is 11.7. The van der Waals surface area contributed by atoms with Gasteiger partial charge in [0.15, 0.2) is 0 Å². The zero-order chi connectivity index (χ0) is 16.0. The Labute approximate surface area is 133 Å². The topological polar surface area (TPSA) is 86.5 Å². The van der Waals surface area contributed by atoms with Crippen molar-refractivity contribution < 1.29 is 17.9 Å². The number of esters is 1. The van der Waals surface area contributed by atoms with E-state index < -0.39 is 20.3 Å². The van der Waals surface area contributed by atoms with E-state index in [1.54, 1.807) is 19.9 Å². The summed E-state index contributed by atoms with van der Waals surface area (Å²) in [5, 5.41) is 5.15. The molecule has 0 aliphatic heterocycles. The average Bonchev–Trinajstić information content (AvgIpc) is 2.95. The fourth-order valence-corrected chi connectivity index (χ4v) is 3.33. The molecule has 0 radical (unpaired) electrons. The van der Waals surface area contributed by atoms with Gasteiger partial charge in [0.05, 0.1) is 17.1 Å². The second-order valence-corrected chi connectivity index (χ2v) is 8.29. The molecule has 0 saturated heterocycles. The fourth-order valence-electron chi connectivity index (χ4n) is 1.95. The number of rotatable bonds is 4. The van der Waals surface area contributed by atoms with Gasteiger partial charge in [-0.15, -0.1) is 23.2 Å². The minimum atomic E-state index is -3.90. The largest absolute Gasteiger partial charge is 0.462 e. The average molecular weight is 352 g/mol. The quantitative estimate of drug-likeness (QED) is 0.665. The van der Waals surface area contributed by atoms with Crippen molar-refractivity contribution in [2.24, 2.45) is 11.1 Å². The van der Waals surface area contributed by atoms with Gasteiger partial charge in [-0.2, -0.15) is 0 Å². The standard InChI is InChI=1S/C13H15Cl2NO4S/c1-7-3-9(4-11(8(7)2)21(16,18)19)12(17)20-6-10-5-13(10,14)15/h3-4,10H,5-6H2,1-2H3,(H2,16,18,19). The Morgan fingerprint density at radius 2 is 2.00 bits per heavy atom. The number of carbonyl (C=O) groups excluding carboxylic acids is 1. The maximum absolute atomic E-state index is 12.0. The lowest BCUT2D eigenvalue weighted by Gasteiger charge is -2.10. The highest BCUT2D eigenvalue weighted by Gasteiger charge is 2.52. The minimum absolute atomic E-state index is 0.0788. The molecular weight excluding hydrogens is 337 g/mol. The Hall–Kier alpha value is -0.820. The van der Waals surface area contributed by atoms with Crippen molar-refractivity contribution in [2.45, 2.75) is 29.5 Å². The number of hydrogen-bond acceptors (Lipinski definition) is 4. The summed E-state index contributed by atoms with van der Waals surface area (Å²) in [5.74, 6) is -0.715. The third-order valence-electron chi connectivity index (χ3n) is 3.53. The first-order valence-corrected chi connectivity index (χ1v) is 8.51. The van der Waals surface area contributed by atoms with E-state index in [1.807, 2.05) is 0 Å². The smallest absolute Gasteiger partial charge is 0.338 e. The normalized spacial score (nSPS) is 20.1. The number of halogens is 2. The number of sulfonamides is 1. The zero-order valence-corrected chi connectivity index (χ0v) is 13.8. The molecule has 0 aromatic heterocycles. The van der Waals surface area contributed by atoms with Gasteiger partial charge in [-0.05, 0) is 43.5 Å². The predicted molar refractivity (Wildman–Crippen MR) is 80.1 cm³/mol. The van der Waals surface area contributed by atoms with Crippen molar-refractivity contribution in [3.63, 3.8) is 0 Å². The second-order valence-electron chi connectivity index (χ2n) is 5.22. The van der Waals surface area contributed by atoms with Crippen LogP contribution in [0.3, 0.4) is 0 Å². The van der Waals surface area contributed by atoms with Gasteiger partial charge >= 0.3 is 5.97 Å². The molecular formula is C13H15Cl2NO4S. The van der Waals surface area contributed by atoms with Gasteiger partial charge in [0.1, 0.15) is 4.33 Å². The van der Waals surface area contributed by atoms with Crippen LogP contribution in [0, 0.1) is 19.8 Å². The highest BCUT2D eigenvalue weighted by atomic mass is 35.5. The molecule has 2 N–H and O–H groups in total. The van der Waals surface area contributed by atoms with Crippen LogP contribution in [-0.2, 0) is 14.8 Å².